The Balaban J connectivity index is 1.56. The van der Waals surface area contributed by atoms with Gasteiger partial charge in [0.25, 0.3) is 0 Å². The van der Waals surface area contributed by atoms with Crippen molar-refractivity contribution >= 4 is 35.3 Å². The number of aromatic hydroxyl groups is 1. The summed E-state index contributed by atoms with van der Waals surface area (Å²) in [6.45, 7) is 1.73. The highest BCUT2D eigenvalue weighted by atomic mass is 16.5. The van der Waals surface area contributed by atoms with E-state index in [0.717, 1.165) is 0 Å². The normalized spacial score (nSPS) is 31.5. The quantitative estimate of drug-likeness (QED) is 0.459. The zero-order chi connectivity index (χ0) is 27.8. The predicted octanol–water partition coefficient (Wildman–Crippen LogP) is 2.71. The number of carbonyl (C=O) groups is 5. The molecule has 0 spiro atoms. The second-order valence-electron chi connectivity index (χ2n) is 10.8. The monoisotopic (exact) mass is 529 g/mol. The number of para-hydroxylation sites is 1. The summed E-state index contributed by atoms with van der Waals surface area (Å²) in [5.41, 5.74) is 5.57. The molecule has 10 heteroatoms. The molecule has 6 unspecified atom stereocenters. The second kappa shape index (κ2) is 8.52. The van der Waals surface area contributed by atoms with Crippen molar-refractivity contribution in [2.75, 3.05) is 12.0 Å². The fourth-order valence-electron chi connectivity index (χ4n) is 7.29. The molecule has 0 radical (unpaired) electrons. The van der Waals surface area contributed by atoms with Crippen molar-refractivity contribution < 1.29 is 33.8 Å². The van der Waals surface area contributed by atoms with Gasteiger partial charge in [-0.05, 0) is 56.0 Å². The van der Waals surface area contributed by atoms with Crippen LogP contribution < -0.4 is 15.4 Å². The average Bonchev–Trinajstić information content (AvgIpc) is 3.29. The minimum atomic E-state index is -1.30. The molecule has 2 aromatic carbocycles. The lowest BCUT2D eigenvalue weighted by molar-refractivity contribution is -0.136. The number of rotatable bonds is 3. The molecule has 6 amide bonds. The largest absolute Gasteiger partial charge is 0.508 e. The standard InChI is InChI=1S/C29H27N3O7/c1-29-20(25(35)31(27(29)37)14-6-4-3-5-7-14)13-18-16(23(29)19-12-15(39-2)8-11-21(19)33)9-10-17-22(18)26(36)32(24(17)34)28(30)38/h3-9,11-12,17-18,20,22-23,33H,10,13H2,1-2H3,(H2,30,38). The molecular formula is C29H27N3O7. The van der Waals surface area contributed by atoms with Crippen LogP contribution in [0.3, 0.4) is 0 Å². The zero-order valence-electron chi connectivity index (χ0n) is 21.4. The first-order chi connectivity index (χ1) is 18.6. The summed E-state index contributed by atoms with van der Waals surface area (Å²) >= 11 is 0. The van der Waals surface area contributed by atoms with Crippen LogP contribution >= 0.6 is 0 Å². The number of imide groups is 4. The maximum absolute atomic E-state index is 14.3. The first kappa shape index (κ1) is 24.8. The molecule has 2 aliphatic heterocycles. The molecule has 3 N–H and O–H groups in total. The molecule has 0 aromatic heterocycles. The van der Waals surface area contributed by atoms with Crippen molar-refractivity contribution in [1.82, 2.24) is 4.90 Å². The maximum atomic E-state index is 14.3. The van der Waals surface area contributed by atoms with Gasteiger partial charge in [0, 0.05) is 11.5 Å². The number of urea groups is 1. The van der Waals surface area contributed by atoms with E-state index in [9.17, 15) is 29.1 Å². The molecule has 2 aliphatic carbocycles. The Labute approximate surface area is 224 Å². The summed E-state index contributed by atoms with van der Waals surface area (Å²) in [6, 6.07) is 12.2. The van der Waals surface area contributed by atoms with Crippen molar-refractivity contribution in [1.29, 1.82) is 0 Å². The highest BCUT2D eigenvalue weighted by Crippen LogP contribution is 2.64. The lowest BCUT2D eigenvalue weighted by atomic mass is 9.51. The number of phenols is 1. The molecule has 2 heterocycles. The van der Waals surface area contributed by atoms with Crippen molar-refractivity contribution in [3.05, 3.63) is 65.7 Å². The molecule has 1 saturated carbocycles. The van der Waals surface area contributed by atoms with Crippen LogP contribution in [0.25, 0.3) is 0 Å². The van der Waals surface area contributed by atoms with Gasteiger partial charge in [0.15, 0.2) is 0 Å². The molecule has 3 fully saturated rings. The minimum absolute atomic E-state index is 0.0876. The van der Waals surface area contributed by atoms with Gasteiger partial charge in [0.2, 0.25) is 23.6 Å². The van der Waals surface area contributed by atoms with Gasteiger partial charge < -0.3 is 15.6 Å². The second-order valence-corrected chi connectivity index (χ2v) is 10.8. The summed E-state index contributed by atoms with van der Waals surface area (Å²) in [5, 5.41) is 11.1. The average molecular weight is 530 g/mol. The van der Waals surface area contributed by atoms with Crippen molar-refractivity contribution in [3.8, 4) is 11.5 Å². The molecular weight excluding hydrogens is 502 g/mol. The van der Waals surface area contributed by atoms with Crippen LogP contribution in [-0.4, -0.2) is 46.8 Å². The van der Waals surface area contributed by atoms with E-state index in [1.54, 1.807) is 49.4 Å². The van der Waals surface area contributed by atoms with Crippen LogP contribution in [0.2, 0.25) is 0 Å². The summed E-state index contributed by atoms with van der Waals surface area (Å²) in [6.07, 6.45) is 2.12. The Kier molecular flexibility index (Phi) is 5.43. The first-order valence-corrected chi connectivity index (χ1v) is 12.8. The third-order valence-corrected chi connectivity index (χ3v) is 9.06. The molecule has 6 rings (SSSR count). The lowest BCUT2D eigenvalue weighted by Crippen LogP contribution is -2.49. The van der Waals surface area contributed by atoms with Crippen molar-refractivity contribution in [3.63, 3.8) is 0 Å². The summed E-state index contributed by atoms with van der Waals surface area (Å²) in [4.78, 5) is 68.3. The number of phenolic OH excluding ortho intramolecular Hbond substituents is 1. The molecule has 10 nitrogen and oxygen atoms in total. The molecule has 39 heavy (non-hydrogen) atoms. The third-order valence-electron chi connectivity index (χ3n) is 9.06. The van der Waals surface area contributed by atoms with E-state index in [2.05, 4.69) is 0 Å². The van der Waals surface area contributed by atoms with Crippen LogP contribution in [-0.2, 0) is 19.2 Å². The van der Waals surface area contributed by atoms with Gasteiger partial charge in [-0.1, -0.05) is 29.8 Å². The third kappa shape index (κ3) is 3.23. The smallest absolute Gasteiger partial charge is 0.328 e. The topological polar surface area (TPSA) is 147 Å². The first-order valence-electron chi connectivity index (χ1n) is 12.8. The summed E-state index contributed by atoms with van der Waals surface area (Å²) in [7, 11) is 1.48. The van der Waals surface area contributed by atoms with Gasteiger partial charge in [-0.15, -0.1) is 0 Å². The Hall–Kier alpha value is -4.47. The number of ether oxygens (including phenoxy) is 1. The molecule has 200 valence electrons. The molecule has 2 aromatic rings. The number of nitrogens with two attached hydrogens (primary N) is 1. The Morgan fingerprint density at radius 2 is 1.74 bits per heavy atom. The van der Waals surface area contributed by atoms with E-state index in [0.29, 0.717) is 27.5 Å². The van der Waals surface area contributed by atoms with Gasteiger partial charge in [0.05, 0.1) is 36.0 Å². The van der Waals surface area contributed by atoms with Crippen LogP contribution in [0.1, 0.15) is 31.2 Å². The zero-order valence-corrected chi connectivity index (χ0v) is 21.4. The van der Waals surface area contributed by atoms with E-state index in [4.69, 9.17) is 10.5 Å². The summed E-state index contributed by atoms with van der Waals surface area (Å²) < 4.78 is 5.41. The van der Waals surface area contributed by atoms with Crippen LogP contribution in [0, 0.1) is 29.1 Å². The number of likely N-dealkylation sites (tertiary alicyclic amines) is 1. The van der Waals surface area contributed by atoms with Gasteiger partial charge in [0.1, 0.15) is 11.5 Å². The van der Waals surface area contributed by atoms with Gasteiger partial charge in [-0.3, -0.25) is 19.2 Å². The number of primary amides is 1. The highest BCUT2D eigenvalue weighted by Gasteiger charge is 2.68. The van der Waals surface area contributed by atoms with E-state index in [1.165, 1.54) is 18.1 Å². The fraction of sp³-hybridized carbons (Fsp3) is 0.345. The van der Waals surface area contributed by atoms with Gasteiger partial charge in [-0.2, -0.15) is 4.90 Å². The molecule has 2 saturated heterocycles. The fourth-order valence-corrected chi connectivity index (χ4v) is 7.29. The molecule has 0 bridgehead atoms. The van der Waals surface area contributed by atoms with Crippen LogP contribution in [0.15, 0.2) is 60.2 Å². The van der Waals surface area contributed by atoms with E-state index in [1.807, 2.05) is 6.08 Å². The number of anilines is 1. The number of hydrogen-bond donors (Lipinski definition) is 2. The van der Waals surface area contributed by atoms with E-state index in [-0.39, 0.29) is 18.6 Å². The van der Waals surface area contributed by atoms with E-state index >= 15 is 0 Å². The Morgan fingerprint density at radius 3 is 2.41 bits per heavy atom. The predicted molar refractivity (Wildman–Crippen MR) is 137 cm³/mol. The number of amides is 6. The number of nitrogens with zero attached hydrogens (tertiary/aromatic N) is 2. The van der Waals surface area contributed by atoms with E-state index < -0.39 is 64.7 Å². The number of carbonyl (C=O) groups excluding carboxylic acids is 5. The molecule has 6 atom stereocenters. The van der Waals surface area contributed by atoms with Crippen LogP contribution in [0.4, 0.5) is 10.5 Å². The van der Waals surface area contributed by atoms with Crippen molar-refractivity contribution in [2.24, 2.45) is 34.8 Å². The summed E-state index contributed by atoms with van der Waals surface area (Å²) in [5.74, 6) is -5.78. The maximum Gasteiger partial charge on any atom is 0.328 e. The number of hydrogen-bond acceptors (Lipinski definition) is 7. The Bertz CT molecular complexity index is 1480. The number of benzene rings is 2. The number of methoxy groups -OCH3 is 1. The number of allylic oxidation sites excluding steroid dienone is 2. The Morgan fingerprint density at radius 1 is 1.03 bits per heavy atom. The van der Waals surface area contributed by atoms with Gasteiger partial charge in [-0.25, -0.2) is 9.69 Å². The SMILES string of the molecule is COc1ccc(O)c(C2C3=CCC4C(=O)N(C(N)=O)C(=O)C4C3CC3C(=O)N(c4ccccc4)C(=O)C32C)c1. The van der Waals surface area contributed by atoms with Crippen LogP contribution in [0.5, 0.6) is 11.5 Å². The van der Waals surface area contributed by atoms with Gasteiger partial charge >= 0.3 is 6.03 Å². The minimum Gasteiger partial charge on any atom is -0.508 e. The molecule has 4 aliphatic rings. The van der Waals surface area contributed by atoms with Crippen molar-refractivity contribution in [2.45, 2.75) is 25.7 Å². The highest BCUT2D eigenvalue weighted by molar-refractivity contribution is 6.24. The number of fused-ring (bicyclic) bond motifs is 4. The lowest BCUT2D eigenvalue weighted by Gasteiger charge is -2.49.